The second kappa shape index (κ2) is 3.41. The molecular weight excluding hydrogens is 213 g/mol. The Morgan fingerprint density at radius 3 is 2.75 bits per heavy atom. The third kappa shape index (κ3) is 1.54. The lowest BCUT2D eigenvalue weighted by Gasteiger charge is -2.03. The fourth-order valence-electron chi connectivity index (χ4n) is 1.49. The Labute approximate surface area is 89.9 Å². The summed E-state index contributed by atoms with van der Waals surface area (Å²) in [6.45, 7) is 1.71. The summed E-state index contributed by atoms with van der Waals surface area (Å²) < 4.78 is 13.1. The number of benzene rings is 1. The van der Waals surface area contributed by atoms with Gasteiger partial charge in [0, 0.05) is 5.39 Å². The second-order valence-electron chi connectivity index (χ2n) is 3.44. The number of halogens is 1. The van der Waals surface area contributed by atoms with E-state index in [0.29, 0.717) is 10.9 Å². The molecular formula is C10H8FN3O2. The minimum atomic E-state index is -0.673. The monoisotopic (exact) mass is 221 g/mol. The molecule has 6 heteroatoms. The van der Waals surface area contributed by atoms with Crippen molar-refractivity contribution in [2.24, 2.45) is 0 Å². The van der Waals surface area contributed by atoms with Gasteiger partial charge in [-0.2, -0.15) is 0 Å². The maximum Gasteiger partial charge on any atom is 0.298 e. The van der Waals surface area contributed by atoms with Crippen LogP contribution in [0, 0.1) is 22.9 Å². The lowest BCUT2D eigenvalue weighted by atomic mass is 10.1. The highest BCUT2D eigenvalue weighted by Crippen LogP contribution is 2.27. The van der Waals surface area contributed by atoms with Crippen LogP contribution in [0.4, 0.5) is 15.9 Å². The molecule has 0 aliphatic rings. The number of pyridine rings is 1. The molecule has 0 fully saturated rings. The Hall–Kier alpha value is -2.24. The summed E-state index contributed by atoms with van der Waals surface area (Å²) in [5, 5.41) is 11.1. The van der Waals surface area contributed by atoms with Crippen LogP contribution in [0.25, 0.3) is 10.9 Å². The normalized spacial score (nSPS) is 10.6. The first kappa shape index (κ1) is 10.3. The van der Waals surface area contributed by atoms with E-state index in [2.05, 4.69) is 4.98 Å². The van der Waals surface area contributed by atoms with Gasteiger partial charge in [0.2, 0.25) is 0 Å². The second-order valence-corrected chi connectivity index (χ2v) is 3.44. The van der Waals surface area contributed by atoms with Gasteiger partial charge < -0.3 is 5.73 Å². The molecule has 0 bridgehead atoms. The number of hydrogen-bond acceptors (Lipinski definition) is 4. The van der Waals surface area contributed by atoms with E-state index >= 15 is 0 Å². The zero-order valence-corrected chi connectivity index (χ0v) is 8.40. The average molecular weight is 221 g/mol. The number of non-ortho nitro benzene ring substituents is 1. The Morgan fingerprint density at radius 2 is 2.12 bits per heavy atom. The number of aromatic nitrogens is 1. The van der Waals surface area contributed by atoms with E-state index < -0.39 is 10.7 Å². The van der Waals surface area contributed by atoms with E-state index in [9.17, 15) is 14.5 Å². The Balaban J connectivity index is 2.90. The van der Waals surface area contributed by atoms with Crippen molar-refractivity contribution in [2.45, 2.75) is 6.92 Å². The summed E-state index contributed by atoms with van der Waals surface area (Å²) >= 11 is 0. The lowest BCUT2D eigenvalue weighted by Crippen LogP contribution is -1.98. The molecule has 0 amide bonds. The van der Waals surface area contributed by atoms with Crippen molar-refractivity contribution in [1.29, 1.82) is 0 Å². The highest BCUT2D eigenvalue weighted by Gasteiger charge is 2.16. The molecule has 0 aliphatic heterocycles. The van der Waals surface area contributed by atoms with E-state index in [1.54, 1.807) is 13.0 Å². The Kier molecular flexibility index (Phi) is 2.19. The number of nitrogens with two attached hydrogens (primary N) is 1. The summed E-state index contributed by atoms with van der Waals surface area (Å²) in [6.07, 6.45) is 0. The fourth-order valence-corrected chi connectivity index (χ4v) is 1.49. The summed E-state index contributed by atoms with van der Waals surface area (Å²) in [5.41, 5.74) is 5.96. The highest BCUT2D eigenvalue weighted by molar-refractivity contribution is 5.89. The first-order valence-corrected chi connectivity index (χ1v) is 4.50. The number of nitrogen functional groups attached to an aromatic ring is 1. The molecule has 0 saturated carbocycles. The van der Waals surface area contributed by atoms with Crippen molar-refractivity contribution in [3.63, 3.8) is 0 Å². The van der Waals surface area contributed by atoms with Gasteiger partial charge in [-0.25, -0.2) is 9.37 Å². The van der Waals surface area contributed by atoms with E-state index in [0.717, 1.165) is 6.07 Å². The number of hydrogen-bond donors (Lipinski definition) is 1. The highest BCUT2D eigenvalue weighted by atomic mass is 19.1. The number of anilines is 1. The number of nitrogens with zero attached hydrogens (tertiary/aromatic N) is 2. The van der Waals surface area contributed by atoms with Crippen molar-refractivity contribution >= 4 is 22.4 Å². The minimum Gasteiger partial charge on any atom is -0.383 e. The van der Waals surface area contributed by atoms with Crippen LogP contribution in [0.3, 0.4) is 0 Å². The Morgan fingerprint density at radius 1 is 1.44 bits per heavy atom. The molecule has 0 atom stereocenters. The van der Waals surface area contributed by atoms with Gasteiger partial charge >= 0.3 is 0 Å². The van der Waals surface area contributed by atoms with Gasteiger partial charge in [0.25, 0.3) is 5.69 Å². The average Bonchev–Trinajstić information content (AvgIpc) is 2.19. The SMILES string of the molecule is Cc1cc2cc(F)cc([N+](=O)[O-])c2nc1N. The van der Waals surface area contributed by atoms with Gasteiger partial charge in [-0.15, -0.1) is 0 Å². The van der Waals surface area contributed by atoms with E-state index in [1.165, 1.54) is 6.07 Å². The molecule has 16 heavy (non-hydrogen) atoms. The first-order chi connectivity index (χ1) is 7.49. The topological polar surface area (TPSA) is 82.0 Å². The third-order valence-electron chi connectivity index (χ3n) is 2.29. The molecule has 1 aromatic heterocycles. The van der Waals surface area contributed by atoms with Gasteiger partial charge in [0.05, 0.1) is 11.0 Å². The summed E-state index contributed by atoms with van der Waals surface area (Å²) in [7, 11) is 0. The molecule has 0 aliphatic carbocycles. The summed E-state index contributed by atoms with van der Waals surface area (Å²) in [5.74, 6) is -0.452. The molecule has 0 spiro atoms. The van der Waals surface area contributed by atoms with Crippen LogP contribution in [0.5, 0.6) is 0 Å². The van der Waals surface area contributed by atoms with E-state index in [4.69, 9.17) is 5.73 Å². The van der Waals surface area contributed by atoms with Crippen molar-refractivity contribution < 1.29 is 9.31 Å². The van der Waals surface area contributed by atoms with Crippen LogP contribution in [0.2, 0.25) is 0 Å². The van der Waals surface area contributed by atoms with Gasteiger partial charge in [0.15, 0.2) is 5.52 Å². The molecule has 0 unspecified atom stereocenters. The molecule has 2 N–H and O–H groups in total. The molecule has 2 aromatic rings. The standard InChI is InChI=1S/C10H8FN3O2/c1-5-2-6-3-7(11)4-8(14(15)16)9(6)13-10(5)12/h2-4H,1H3,(H2,12,13). The van der Waals surface area contributed by atoms with Gasteiger partial charge in [-0.1, -0.05) is 0 Å². The largest absolute Gasteiger partial charge is 0.383 e. The van der Waals surface area contributed by atoms with E-state index in [-0.39, 0.29) is 17.0 Å². The maximum absolute atomic E-state index is 13.1. The lowest BCUT2D eigenvalue weighted by molar-refractivity contribution is -0.383. The van der Waals surface area contributed by atoms with Crippen LogP contribution < -0.4 is 5.73 Å². The zero-order chi connectivity index (χ0) is 11.9. The Bertz CT molecular complexity index is 598. The summed E-state index contributed by atoms with van der Waals surface area (Å²) in [4.78, 5) is 14.0. The predicted octanol–water partition coefficient (Wildman–Crippen LogP) is 2.17. The third-order valence-corrected chi connectivity index (χ3v) is 2.29. The number of fused-ring (bicyclic) bond motifs is 1. The molecule has 0 saturated heterocycles. The maximum atomic E-state index is 13.1. The van der Waals surface area contributed by atoms with Crippen LogP contribution >= 0.6 is 0 Å². The predicted molar refractivity (Wildman–Crippen MR) is 57.5 cm³/mol. The van der Waals surface area contributed by atoms with Crippen molar-refractivity contribution in [3.05, 3.63) is 39.7 Å². The zero-order valence-electron chi connectivity index (χ0n) is 8.40. The number of nitro benzene ring substituents is 1. The summed E-state index contributed by atoms with van der Waals surface area (Å²) in [6, 6.07) is 3.61. The van der Waals surface area contributed by atoms with Gasteiger partial charge in [-0.3, -0.25) is 10.1 Å². The van der Waals surface area contributed by atoms with Crippen LogP contribution in [-0.4, -0.2) is 9.91 Å². The number of aryl methyl sites for hydroxylation is 1. The smallest absolute Gasteiger partial charge is 0.298 e. The van der Waals surface area contributed by atoms with Gasteiger partial charge in [0.1, 0.15) is 11.6 Å². The molecule has 1 aromatic carbocycles. The number of rotatable bonds is 1. The van der Waals surface area contributed by atoms with Crippen LogP contribution in [0.1, 0.15) is 5.56 Å². The quantitative estimate of drug-likeness (QED) is 0.591. The van der Waals surface area contributed by atoms with Crippen molar-refractivity contribution in [3.8, 4) is 0 Å². The first-order valence-electron chi connectivity index (χ1n) is 4.50. The molecule has 0 radical (unpaired) electrons. The van der Waals surface area contributed by atoms with Crippen molar-refractivity contribution in [2.75, 3.05) is 5.73 Å². The fraction of sp³-hybridized carbons (Fsp3) is 0.100. The molecule has 82 valence electrons. The molecule has 5 nitrogen and oxygen atoms in total. The van der Waals surface area contributed by atoms with Gasteiger partial charge in [-0.05, 0) is 24.6 Å². The molecule has 2 rings (SSSR count). The van der Waals surface area contributed by atoms with Crippen LogP contribution in [0.15, 0.2) is 18.2 Å². The molecule has 1 heterocycles. The minimum absolute atomic E-state index is 0.106. The van der Waals surface area contributed by atoms with E-state index in [1.807, 2.05) is 0 Å². The van der Waals surface area contributed by atoms with Crippen molar-refractivity contribution in [1.82, 2.24) is 4.98 Å². The van der Waals surface area contributed by atoms with Crippen LogP contribution in [-0.2, 0) is 0 Å². The number of nitro groups is 1.